The van der Waals surface area contributed by atoms with Crippen LogP contribution in [0.1, 0.15) is 31.4 Å². The van der Waals surface area contributed by atoms with Crippen molar-refractivity contribution in [2.24, 2.45) is 0 Å². The molecule has 18 heavy (non-hydrogen) atoms. The zero-order valence-corrected chi connectivity index (χ0v) is 12.5. The first kappa shape index (κ1) is 14.0. The van der Waals surface area contributed by atoms with Gasteiger partial charge in [-0.1, -0.05) is 6.07 Å². The zero-order valence-electron chi connectivity index (χ0n) is 10.9. The van der Waals surface area contributed by atoms with Crippen LogP contribution in [0.3, 0.4) is 0 Å². The van der Waals surface area contributed by atoms with Gasteiger partial charge in [0, 0.05) is 18.6 Å². The van der Waals surface area contributed by atoms with Gasteiger partial charge in [-0.3, -0.25) is 4.90 Å². The molecule has 1 saturated heterocycles. The van der Waals surface area contributed by atoms with Crippen molar-refractivity contribution in [3.63, 3.8) is 0 Å². The van der Waals surface area contributed by atoms with Crippen LogP contribution < -0.4 is 5.32 Å². The Labute approximate surface area is 117 Å². The Kier molecular flexibility index (Phi) is 4.76. The number of likely N-dealkylation sites (N-methyl/N-ethyl adjacent to an activating group) is 1. The third-order valence-electron chi connectivity index (χ3n) is 3.79. The lowest BCUT2D eigenvalue weighted by molar-refractivity contribution is 0.191. The van der Waals surface area contributed by atoms with Crippen LogP contribution in [0, 0.1) is 5.82 Å². The van der Waals surface area contributed by atoms with E-state index in [0.29, 0.717) is 16.6 Å². The van der Waals surface area contributed by atoms with Gasteiger partial charge in [0.15, 0.2) is 0 Å². The van der Waals surface area contributed by atoms with Crippen molar-refractivity contribution in [3.05, 3.63) is 34.1 Å². The highest BCUT2D eigenvalue weighted by Crippen LogP contribution is 2.30. The number of hydrogen-bond donors (Lipinski definition) is 1. The van der Waals surface area contributed by atoms with Crippen molar-refractivity contribution >= 4 is 15.9 Å². The molecule has 1 heterocycles. The van der Waals surface area contributed by atoms with E-state index in [9.17, 15) is 4.39 Å². The van der Waals surface area contributed by atoms with Crippen LogP contribution in [-0.4, -0.2) is 31.1 Å². The Bertz CT molecular complexity index is 411. The minimum atomic E-state index is -0.195. The van der Waals surface area contributed by atoms with Crippen LogP contribution in [0.5, 0.6) is 0 Å². The maximum absolute atomic E-state index is 13.3. The van der Waals surface area contributed by atoms with Crippen LogP contribution in [0.4, 0.5) is 4.39 Å². The van der Waals surface area contributed by atoms with Gasteiger partial charge in [-0.25, -0.2) is 4.39 Å². The summed E-state index contributed by atoms with van der Waals surface area (Å²) in [5, 5.41) is 3.26. The Hall–Kier alpha value is -0.450. The molecule has 0 saturated carbocycles. The average molecular weight is 315 g/mol. The van der Waals surface area contributed by atoms with Crippen LogP contribution in [0.15, 0.2) is 22.7 Å². The first-order valence-electron chi connectivity index (χ1n) is 6.48. The van der Waals surface area contributed by atoms with Crippen LogP contribution >= 0.6 is 15.9 Å². The van der Waals surface area contributed by atoms with Gasteiger partial charge in [-0.05, 0) is 67.0 Å². The second-order valence-electron chi connectivity index (χ2n) is 4.94. The largest absolute Gasteiger partial charge is 0.318 e. The molecule has 100 valence electrons. The molecular weight excluding hydrogens is 295 g/mol. The molecule has 2 nitrogen and oxygen atoms in total. The molecule has 0 bridgehead atoms. The summed E-state index contributed by atoms with van der Waals surface area (Å²) in [7, 11) is 2.00. The minimum absolute atomic E-state index is 0.195. The molecule has 2 rings (SSSR count). The number of hydrogen-bond acceptors (Lipinski definition) is 2. The molecule has 0 aliphatic carbocycles. The Morgan fingerprint density at radius 3 is 3.00 bits per heavy atom. The Balaban J connectivity index is 2.14. The molecule has 1 aromatic carbocycles. The monoisotopic (exact) mass is 314 g/mol. The second kappa shape index (κ2) is 6.13. The number of benzene rings is 1. The summed E-state index contributed by atoms with van der Waals surface area (Å²) >= 11 is 3.26. The smallest absolute Gasteiger partial charge is 0.137 e. The number of likely N-dealkylation sites (tertiary alicyclic amines) is 1. The maximum atomic E-state index is 13.3. The molecule has 4 heteroatoms. The van der Waals surface area contributed by atoms with Crippen LogP contribution in [0.25, 0.3) is 0 Å². The van der Waals surface area contributed by atoms with Gasteiger partial charge in [0.05, 0.1) is 4.47 Å². The number of rotatable bonds is 4. The fraction of sp³-hybridized carbons (Fsp3) is 0.571. The second-order valence-corrected chi connectivity index (χ2v) is 5.80. The molecule has 0 amide bonds. The van der Waals surface area contributed by atoms with E-state index >= 15 is 0 Å². The molecule has 0 aromatic heterocycles. The van der Waals surface area contributed by atoms with E-state index in [4.69, 9.17) is 0 Å². The third kappa shape index (κ3) is 2.92. The van der Waals surface area contributed by atoms with Gasteiger partial charge in [0.1, 0.15) is 5.82 Å². The third-order valence-corrected chi connectivity index (χ3v) is 4.39. The molecule has 0 radical (unpaired) electrons. The summed E-state index contributed by atoms with van der Waals surface area (Å²) in [4.78, 5) is 2.51. The maximum Gasteiger partial charge on any atom is 0.137 e. The van der Waals surface area contributed by atoms with E-state index in [1.165, 1.54) is 18.4 Å². The standard InChI is InChI=1S/C14H20BrFN2/c1-10(11-5-6-14(16)13(15)8-11)18-7-3-4-12(18)9-17-2/h5-6,8,10,12,17H,3-4,7,9H2,1-2H3. The molecule has 2 unspecified atom stereocenters. The lowest BCUT2D eigenvalue weighted by Crippen LogP contribution is -2.38. The first-order valence-corrected chi connectivity index (χ1v) is 7.28. The normalized spacial score (nSPS) is 22.3. The number of nitrogens with one attached hydrogen (secondary N) is 1. The summed E-state index contributed by atoms with van der Waals surface area (Å²) < 4.78 is 13.8. The molecule has 0 spiro atoms. The van der Waals surface area contributed by atoms with Gasteiger partial charge >= 0.3 is 0 Å². The molecule has 1 fully saturated rings. The van der Waals surface area contributed by atoms with Crippen molar-refractivity contribution in [1.29, 1.82) is 0 Å². The molecule has 1 aromatic rings. The summed E-state index contributed by atoms with van der Waals surface area (Å²) in [5.41, 5.74) is 1.17. The van der Waals surface area contributed by atoms with Crippen LogP contribution in [0.2, 0.25) is 0 Å². The molecular formula is C14H20BrFN2. The number of halogens is 2. The van der Waals surface area contributed by atoms with Crippen molar-refractivity contribution in [1.82, 2.24) is 10.2 Å². The molecule has 1 aliphatic rings. The van der Waals surface area contributed by atoms with Gasteiger partial charge in [0.25, 0.3) is 0 Å². The van der Waals surface area contributed by atoms with Crippen molar-refractivity contribution in [2.45, 2.75) is 31.8 Å². The van der Waals surface area contributed by atoms with E-state index in [0.717, 1.165) is 13.1 Å². The van der Waals surface area contributed by atoms with Gasteiger partial charge < -0.3 is 5.32 Å². The Morgan fingerprint density at radius 2 is 2.33 bits per heavy atom. The summed E-state index contributed by atoms with van der Waals surface area (Å²) in [6.45, 7) is 4.35. The van der Waals surface area contributed by atoms with Gasteiger partial charge in [0.2, 0.25) is 0 Å². The van der Waals surface area contributed by atoms with E-state index in [-0.39, 0.29) is 5.82 Å². The van der Waals surface area contributed by atoms with Crippen molar-refractivity contribution < 1.29 is 4.39 Å². The summed E-state index contributed by atoms with van der Waals surface area (Å²) in [6.07, 6.45) is 2.49. The highest BCUT2D eigenvalue weighted by atomic mass is 79.9. The summed E-state index contributed by atoms with van der Waals surface area (Å²) in [5.74, 6) is -0.195. The lowest BCUT2D eigenvalue weighted by atomic mass is 10.1. The predicted molar refractivity (Wildman–Crippen MR) is 76.2 cm³/mol. The quantitative estimate of drug-likeness (QED) is 0.917. The van der Waals surface area contributed by atoms with Gasteiger partial charge in [-0.2, -0.15) is 0 Å². The fourth-order valence-electron chi connectivity index (χ4n) is 2.79. The highest BCUT2D eigenvalue weighted by molar-refractivity contribution is 9.10. The van der Waals surface area contributed by atoms with E-state index in [1.54, 1.807) is 6.07 Å². The van der Waals surface area contributed by atoms with E-state index < -0.39 is 0 Å². The topological polar surface area (TPSA) is 15.3 Å². The molecule has 1 aliphatic heterocycles. The van der Waals surface area contributed by atoms with Crippen LogP contribution in [-0.2, 0) is 0 Å². The van der Waals surface area contributed by atoms with E-state index in [1.807, 2.05) is 19.2 Å². The predicted octanol–water partition coefficient (Wildman–Crippen LogP) is 3.33. The Morgan fingerprint density at radius 1 is 1.56 bits per heavy atom. The van der Waals surface area contributed by atoms with E-state index in [2.05, 4.69) is 33.1 Å². The van der Waals surface area contributed by atoms with Crippen molar-refractivity contribution in [3.8, 4) is 0 Å². The van der Waals surface area contributed by atoms with Gasteiger partial charge in [-0.15, -0.1) is 0 Å². The molecule has 2 atom stereocenters. The zero-order chi connectivity index (χ0) is 13.1. The molecule has 1 N–H and O–H groups in total. The lowest BCUT2D eigenvalue weighted by Gasteiger charge is -2.31. The number of nitrogens with zero attached hydrogens (tertiary/aromatic N) is 1. The SMILES string of the molecule is CNCC1CCCN1C(C)c1ccc(F)c(Br)c1. The summed E-state index contributed by atoms with van der Waals surface area (Å²) in [6, 6.07) is 6.25. The highest BCUT2D eigenvalue weighted by Gasteiger charge is 2.28. The van der Waals surface area contributed by atoms with Crippen molar-refractivity contribution in [2.75, 3.05) is 20.1 Å². The average Bonchev–Trinajstić information content (AvgIpc) is 2.80. The first-order chi connectivity index (χ1) is 8.63. The minimum Gasteiger partial charge on any atom is -0.318 e. The fourth-order valence-corrected chi connectivity index (χ4v) is 3.18.